The van der Waals surface area contributed by atoms with Gasteiger partial charge < -0.3 is 4.90 Å². The maximum absolute atomic E-state index is 11.1. The number of nitrogens with zero attached hydrogens (tertiary/aromatic N) is 2. The first-order chi connectivity index (χ1) is 7.16. The minimum absolute atomic E-state index is 0.403. The van der Waals surface area contributed by atoms with Crippen molar-refractivity contribution in [2.75, 3.05) is 11.9 Å². The number of carbonyl (C=O) groups is 1. The number of hydrogen-bond donors (Lipinski definition) is 0. The molecular weight excluding hydrogens is 276 g/mol. The van der Waals surface area contributed by atoms with Crippen LogP contribution in [0.3, 0.4) is 0 Å². The van der Waals surface area contributed by atoms with Crippen LogP contribution < -0.4 is 4.90 Å². The lowest BCUT2D eigenvalue weighted by Crippen LogP contribution is -2.35. The molecule has 1 aliphatic carbocycles. The second kappa shape index (κ2) is 4.61. The second-order valence-electron chi connectivity index (χ2n) is 3.83. The summed E-state index contributed by atoms with van der Waals surface area (Å²) in [5.74, 6) is 0.403. The van der Waals surface area contributed by atoms with Crippen molar-refractivity contribution in [2.45, 2.75) is 31.7 Å². The maximum Gasteiger partial charge on any atom is 0.186 e. The van der Waals surface area contributed by atoms with Gasteiger partial charge in [-0.2, -0.15) is 0 Å². The molecule has 0 bridgehead atoms. The molecule has 1 aromatic rings. The molecule has 1 saturated carbocycles. The van der Waals surface area contributed by atoms with Crippen molar-refractivity contribution in [3.8, 4) is 0 Å². The van der Waals surface area contributed by atoms with Gasteiger partial charge in [-0.25, -0.2) is 4.98 Å². The third-order valence-electron chi connectivity index (χ3n) is 2.83. The van der Waals surface area contributed by atoms with E-state index in [9.17, 15) is 4.79 Å². The molecule has 0 saturated heterocycles. The molecule has 2 rings (SSSR count). The molecular formula is C10H13BrN2OS. The Hall–Kier alpha value is -0.420. The third-order valence-corrected chi connectivity index (χ3v) is 4.47. The summed E-state index contributed by atoms with van der Waals surface area (Å²) in [5.41, 5.74) is 0. The highest BCUT2D eigenvalue weighted by Gasteiger charge is 2.23. The van der Waals surface area contributed by atoms with Crippen LogP contribution in [0.25, 0.3) is 0 Å². The van der Waals surface area contributed by atoms with E-state index in [1.807, 2.05) is 5.38 Å². The molecule has 0 spiro atoms. The van der Waals surface area contributed by atoms with Crippen LogP contribution in [0.2, 0.25) is 0 Å². The predicted molar refractivity (Wildman–Crippen MR) is 65.5 cm³/mol. The Morgan fingerprint density at radius 2 is 2.20 bits per heavy atom. The van der Waals surface area contributed by atoms with E-state index in [0.717, 1.165) is 35.4 Å². The van der Waals surface area contributed by atoms with Crippen LogP contribution in [-0.2, 0) is 4.79 Å². The molecule has 15 heavy (non-hydrogen) atoms. The Kier molecular flexibility index (Phi) is 3.41. The molecule has 0 unspecified atom stereocenters. The molecule has 3 nitrogen and oxygen atoms in total. The van der Waals surface area contributed by atoms with Crippen LogP contribution in [0.4, 0.5) is 5.13 Å². The number of aromatic nitrogens is 1. The Morgan fingerprint density at radius 1 is 1.53 bits per heavy atom. The van der Waals surface area contributed by atoms with Gasteiger partial charge in [0.1, 0.15) is 10.4 Å². The Morgan fingerprint density at radius 3 is 2.73 bits per heavy atom. The fourth-order valence-corrected chi connectivity index (χ4v) is 3.16. The Labute approximate surface area is 102 Å². The van der Waals surface area contributed by atoms with E-state index >= 15 is 0 Å². The van der Waals surface area contributed by atoms with Gasteiger partial charge in [0.2, 0.25) is 0 Å². The Balaban J connectivity index is 2.02. The van der Waals surface area contributed by atoms with Crippen LogP contribution in [0.1, 0.15) is 25.7 Å². The zero-order chi connectivity index (χ0) is 10.8. The number of Topliss-reactive ketones (excluding diaryl/α,β-unsaturated/α-hetero) is 1. The highest BCUT2D eigenvalue weighted by atomic mass is 79.9. The molecule has 1 heterocycles. The molecule has 0 atom stereocenters. The first-order valence-electron chi connectivity index (χ1n) is 5.02. The fourth-order valence-electron chi connectivity index (χ4n) is 1.88. The van der Waals surface area contributed by atoms with Crippen LogP contribution in [0.5, 0.6) is 0 Å². The van der Waals surface area contributed by atoms with E-state index < -0.39 is 0 Å². The summed E-state index contributed by atoms with van der Waals surface area (Å²) in [7, 11) is 2.06. The van der Waals surface area contributed by atoms with E-state index in [1.165, 1.54) is 0 Å². The number of thiazole rings is 1. The molecule has 0 radical (unpaired) electrons. The zero-order valence-electron chi connectivity index (χ0n) is 8.57. The molecule has 0 amide bonds. The minimum Gasteiger partial charge on any atom is -0.348 e. The predicted octanol–water partition coefficient (Wildman–Crippen LogP) is 2.85. The molecule has 0 N–H and O–H groups in total. The summed E-state index contributed by atoms with van der Waals surface area (Å²) in [6, 6.07) is 0.473. The van der Waals surface area contributed by atoms with Crippen molar-refractivity contribution in [1.82, 2.24) is 4.98 Å². The second-order valence-corrected chi connectivity index (χ2v) is 5.48. The first kappa shape index (κ1) is 11.1. The monoisotopic (exact) mass is 288 g/mol. The van der Waals surface area contributed by atoms with Crippen LogP contribution in [-0.4, -0.2) is 23.9 Å². The highest BCUT2D eigenvalue weighted by Crippen LogP contribution is 2.28. The van der Waals surface area contributed by atoms with Crippen molar-refractivity contribution in [3.63, 3.8) is 0 Å². The fraction of sp³-hybridized carbons (Fsp3) is 0.600. The van der Waals surface area contributed by atoms with E-state index in [2.05, 4.69) is 32.9 Å². The van der Waals surface area contributed by atoms with Gasteiger partial charge in [-0.05, 0) is 28.8 Å². The smallest absolute Gasteiger partial charge is 0.186 e. The lowest BCUT2D eigenvalue weighted by molar-refractivity contribution is -0.120. The summed E-state index contributed by atoms with van der Waals surface area (Å²) in [5, 5.41) is 3.01. The topological polar surface area (TPSA) is 33.2 Å². The SMILES string of the molecule is CN(c1nc(Br)cs1)C1CCC(=O)CC1. The van der Waals surface area contributed by atoms with Gasteiger partial charge in [0, 0.05) is 31.3 Å². The minimum atomic E-state index is 0.403. The van der Waals surface area contributed by atoms with E-state index in [4.69, 9.17) is 0 Å². The summed E-state index contributed by atoms with van der Waals surface area (Å²) >= 11 is 4.99. The average molecular weight is 289 g/mol. The van der Waals surface area contributed by atoms with Crippen molar-refractivity contribution >= 4 is 38.2 Å². The van der Waals surface area contributed by atoms with Gasteiger partial charge in [-0.3, -0.25) is 4.79 Å². The third kappa shape index (κ3) is 2.58. The van der Waals surface area contributed by atoms with Gasteiger partial charge in [-0.1, -0.05) is 0 Å². The zero-order valence-corrected chi connectivity index (χ0v) is 11.0. The normalized spacial score (nSPS) is 18.1. The first-order valence-corrected chi connectivity index (χ1v) is 6.69. The molecule has 82 valence electrons. The van der Waals surface area contributed by atoms with E-state index in [0.29, 0.717) is 11.8 Å². The van der Waals surface area contributed by atoms with Gasteiger partial charge in [0.25, 0.3) is 0 Å². The highest BCUT2D eigenvalue weighted by molar-refractivity contribution is 9.10. The van der Waals surface area contributed by atoms with Crippen LogP contribution in [0, 0.1) is 0 Å². The van der Waals surface area contributed by atoms with Crippen molar-refractivity contribution in [2.24, 2.45) is 0 Å². The average Bonchev–Trinajstić information content (AvgIpc) is 2.65. The molecule has 0 aromatic carbocycles. The summed E-state index contributed by atoms with van der Waals surface area (Å²) < 4.78 is 0.890. The maximum atomic E-state index is 11.1. The van der Waals surface area contributed by atoms with E-state index in [-0.39, 0.29) is 0 Å². The van der Waals surface area contributed by atoms with Crippen LogP contribution >= 0.6 is 27.3 Å². The number of ketones is 1. The number of hydrogen-bond acceptors (Lipinski definition) is 4. The van der Waals surface area contributed by atoms with Gasteiger partial charge in [0.05, 0.1) is 0 Å². The molecule has 1 aliphatic rings. The summed E-state index contributed by atoms with van der Waals surface area (Å²) in [6.45, 7) is 0. The lowest BCUT2D eigenvalue weighted by atomic mass is 9.94. The van der Waals surface area contributed by atoms with Crippen molar-refractivity contribution in [1.29, 1.82) is 0 Å². The van der Waals surface area contributed by atoms with Gasteiger partial charge in [-0.15, -0.1) is 11.3 Å². The standard InChI is InChI=1S/C10H13BrN2OS/c1-13(10-12-9(11)6-15-10)7-2-4-8(14)5-3-7/h6-7H,2-5H2,1H3. The lowest BCUT2D eigenvalue weighted by Gasteiger charge is -2.30. The molecule has 0 aliphatic heterocycles. The van der Waals surface area contributed by atoms with Gasteiger partial charge >= 0.3 is 0 Å². The van der Waals surface area contributed by atoms with Crippen molar-refractivity contribution < 1.29 is 4.79 Å². The molecule has 1 aromatic heterocycles. The largest absolute Gasteiger partial charge is 0.348 e. The number of carbonyl (C=O) groups excluding carboxylic acids is 1. The van der Waals surface area contributed by atoms with Crippen LogP contribution in [0.15, 0.2) is 9.98 Å². The number of rotatable bonds is 2. The number of halogens is 1. The quantitative estimate of drug-likeness (QED) is 0.839. The molecule has 5 heteroatoms. The summed E-state index contributed by atoms with van der Waals surface area (Å²) in [6.07, 6.45) is 3.38. The van der Waals surface area contributed by atoms with Gasteiger partial charge in [0.15, 0.2) is 5.13 Å². The number of anilines is 1. The molecule has 1 fully saturated rings. The van der Waals surface area contributed by atoms with Crippen molar-refractivity contribution in [3.05, 3.63) is 9.98 Å². The van der Waals surface area contributed by atoms with E-state index in [1.54, 1.807) is 11.3 Å². The summed E-state index contributed by atoms with van der Waals surface area (Å²) in [4.78, 5) is 17.7. The Bertz CT molecular complexity index is 356.